The van der Waals surface area contributed by atoms with E-state index in [-0.39, 0.29) is 36.7 Å². The number of nitrogens with one attached hydrogen (secondary N) is 2. The molecule has 22 heteroatoms. The van der Waals surface area contributed by atoms with Gasteiger partial charge in [-0.05, 0) is 93.8 Å². The highest BCUT2D eigenvalue weighted by molar-refractivity contribution is 7.80. The number of para-hydroxylation sites is 1. The third-order valence-electron chi connectivity index (χ3n) is 12.3. The van der Waals surface area contributed by atoms with E-state index in [9.17, 15) is 4.79 Å². The van der Waals surface area contributed by atoms with E-state index in [1.165, 1.54) is 10.9 Å². The highest BCUT2D eigenvalue weighted by Crippen LogP contribution is 2.35. The van der Waals surface area contributed by atoms with Gasteiger partial charge in [0.25, 0.3) is 0 Å². The van der Waals surface area contributed by atoms with Crippen LogP contribution in [0.3, 0.4) is 0 Å². The molecular formula is C45H57N17O4S. The molecule has 0 bridgehead atoms. The molecule has 2 aliphatic heterocycles. The van der Waals surface area contributed by atoms with Gasteiger partial charge in [-0.2, -0.15) is 15.1 Å². The van der Waals surface area contributed by atoms with Gasteiger partial charge in [0.05, 0.1) is 36.5 Å². The van der Waals surface area contributed by atoms with Crippen molar-refractivity contribution in [1.82, 2.24) is 74.3 Å². The zero-order chi connectivity index (χ0) is 46.1. The summed E-state index contributed by atoms with van der Waals surface area (Å²) in [4.78, 5) is 40.6. The standard InChI is InChI=1S/C45H57N17O4S/c1-64-25-26-65-43-53-40(47)38-42(54-43)60(44(63)52-38)29-33-27-51-56-61(33)20-6-5-17-57-21-23-58(24-22-57)18-8-16-48-45(67)59-19-7-9-32(28-59)62-41-36(39(46)49-30-50-41)37(55-62)31-12-14-35(15-13-31)66-34-10-3-2-4-11-34/h2-4,10-15,27,30,32H,5-9,16-26,28-29H2,1H3,(H,48,67)(H,52,63)(H2,46,49,50)(H2,47,53,54). The van der Waals surface area contributed by atoms with E-state index in [1.54, 1.807) is 13.3 Å². The zero-order valence-electron chi connectivity index (χ0n) is 37.7. The Morgan fingerprint density at radius 1 is 0.881 bits per heavy atom. The van der Waals surface area contributed by atoms with Crippen LogP contribution < -0.4 is 31.9 Å². The summed E-state index contributed by atoms with van der Waals surface area (Å²) in [6.07, 6.45) is 8.08. The van der Waals surface area contributed by atoms with Gasteiger partial charge in [0.2, 0.25) is 0 Å². The smallest absolute Gasteiger partial charge is 0.328 e. The molecule has 5 aromatic heterocycles. The molecule has 7 aromatic rings. The fraction of sp³-hybridized carbons (Fsp3) is 0.444. The Morgan fingerprint density at radius 3 is 2.43 bits per heavy atom. The van der Waals surface area contributed by atoms with Crippen molar-refractivity contribution in [3.63, 3.8) is 0 Å². The summed E-state index contributed by atoms with van der Waals surface area (Å²) >= 11 is 5.94. The van der Waals surface area contributed by atoms with Crippen LogP contribution in [0, 0.1) is 0 Å². The molecule has 1 unspecified atom stereocenters. The van der Waals surface area contributed by atoms with Crippen molar-refractivity contribution in [3.05, 3.63) is 83.3 Å². The van der Waals surface area contributed by atoms with E-state index in [4.69, 9.17) is 43.0 Å². The van der Waals surface area contributed by atoms with Gasteiger partial charge in [0.15, 0.2) is 22.2 Å². The van der Waals surface area contributed by atoms with Gasteiger partial charge in [0, 0.05) is 65.0 Å². The third-order valence-corrected chi connectivity index (χ3v) is 12.7. The van der Waals surface area contributed by atoms with Crippen LogP contribution in [-0.2, 0) is 17.8 Å². The van der Waals surface area contributed by atoms with Crippen molar-refractivity contribution >= 4 is 51.2 Å². The molecule has 67 heavy (non-hydrogen) atoms. The Labute approximate surface area is 392 Å². The second-order valence-corrected chi connectivity index (χ2v) is 17.2. The van der Waals surface area contributed by atoms with Crippen molar-refractivity contribution in [1.29, 1.82) is 0 Å². The summed E-state index contributed by atoms with van der Waals surface area (Å²) in [5.41, 5.74) is 16.1. The van der Waals surface area contributed by atoms with E-state index < -0.39 is 0 Å². The van der Waals surface area contributed by atoms with Gasteiger partial charge < -0.3 is 50.7 Å². The number of piperidine rings is 1. The summed E-state index contributed by atoms with van der Waals surface area (Å²) in [5, 5.41) is 18.6. The average Bonchev–Trinajstić information content (AvgIpc) is 4.06. The molecule has 0 aliphatic carbocycles. The van der Waals surface area contributed by atoms with Crippen LogP contribution in [0.1, 0.15) is 43.8 Å². The number of nitrogens with two attached hydrogens (primary N) is 2. The minimum absolute atomic E-state index is 0.0674. The molecule has 2 fully saturated rings. The summed E-state index contributed by atoms with van der Waals surface area (Å²) in [6.45, 7) is 10.2. The number of aromatic amines is 1. The Bertz CT molecular complexity index is 2800. The van der Waals surface area contributed by atoms with E-state index >= 15 is 0 Å². The number of nitrogens with zero attached hydrogens (tertiary/aromatic N) is 13. The number of anilines is 2. The lowest BCUT2D eigenvalue weighted by molar-refractivity contribution is 0.129. The summed E-state index contributed by atoms with van der Waals surface area (Å²) in [7, 11) is 1.58. The van der Waals surface area contributed by atoms with Crippen LogP contribution in [0.2, 0.25) is 0 Å². The molecule has 0 amide bonds. The van der Waals surface area contributed by atoms with Crippen molar-refractivity contribution in [2.75, 3.05) is 90.7 Å². The van der Waals surface area contributed by atoms with Gasteiger partial charge in [-0.15, -0.1) is 5.10 Å². The number of unbranched alkanes of at least 4 members (excludes halogenated alkanes) is 1. The highest BCUT2D eigenvalue weighted by Gasteiger charge is 2.28. The van der Waals surface area contributed by atoms with Gasteiger partial charge in [-0.1, -0.05) is 23.4 Å². The molecule has 2 aliphatic rings. The molecule has 352 valence electrons. The number of ether oxygens (including phenoxy) is 3. The number of aromatic nitrogens is 11. The number of benzene rings is 2. The normalized spacial score (nSPS) is 16.0. The maximum Gasteiger partial charge on any atom is 0.328 e. The first-order chi connectivity index (χ1) is 32.8. The minimum Gasteiger partial charge on any atom is -0.461 e. The Hall–Kier alpha value is -6.75. The number of hydrogen-bond donors (Lipinski definition) is 4. The number of hydrogen-bond acceptors (Lipinski definition) is 16. The van der Waals surface area contributed by atoms with Crippen LogP contribution in [0.15, 0.2) is 71.9 Å². The number of H-pyrrole nitrogens is 1. The molecule has 2 aromatic carbocycles. The molecule has 6 N–H and O–H groups in total. The zero-order valence-corrected chi connectivity index (χ0v) is 38.5. The van der Waals surface area contributed by atoms with Gasteiger partial charge in [0.1, 0.15) is 41.5 Å². The molecule has 1 atom stereocenters. The van der Waals surface area contributed by atoms with Crippen LogP contribution in [0.5, 0.6) is 17.5 Å². The lowest BCUT2D eigenvalue weighted by Crippen LogP contribution is -2.48. The number of methoxy groups -OCH3 is 1. The molecule has 9 rings (SSSR count). The number of fused-ring (bicyclic) bond motifs is 2. The Morgan fingerprint density at radius 2 is 1.64 bits per heavy atom. The lowest BCUT2D eigenvalue weighted by atomic mass is 10.1. The third kappa shape index (κ3) is 10.8. The molecule has 0 spiro atoms. The largest absolute Gasteiger partial charge is 0.461 e. The van der Waals surface area contributed by atoms with E-state index in [1.807, 2.05) is 64.0 Å². The second-order valence-electron chi connectivity index (χ2n) is 16.8. The highest BCUT2D eigenvalue weighted by atomic mass is 32.1. The SMILES string of the molecule is COCCOc1nc(N)c2[nH]c(=O)n(Cc3cnnn3CCCCN3CCN(CCCNC(=S)N4CCCC(n5nc(-c6ccc(Oc7ccccc7)cc6)c6c(N)ncnc65)C4)CC3)c2n1. The quantitative estimate of drug-likeness (QED) is 0.0670. The van der Waals surface area contributed by atoms with Crippen LogP contribution in [-0.4, -0.2) is 153 Å². The maximum atomic E-state index is 12.9. The van der Waals surface area contributed by atoms with Gasteiger partial charge in [-0.25, -0.2) is 24.1 Å². The monoisotopic (exact) mass is 931 g/mol. The van der Waals surface area contributed by atoms with E-state index in [0.29, 0.717) is 30.1 Å². The predicted molar refractivity (Wildman–Crippen MR) is 258 cm³/mol. The minimum atomic E-state index is -0.351. The Balaban J connectivity index is 0.696. The summed E-state index contributed by atoms with van der Waals surface area (Å²) in [5.74, 6) is 2.05. The second kappa shape index (κ2) is 21.3. The number of likely N-dealkylation sites (tertiary alicyclic amines) is 1. The lowest BCUT2D eigenvalue weighted by Gasteiger charge is -2.35. The molecule has 0 saturated carbocycles. The first-order valence-corrected chi connectivity index (χ1v) is 23.3. The predicted octanol–water partition coefficient (Wildman–Crippen LogP) is 3.55. The number of nitrogen functional groups attached to an aromatic ring is 2. The summed E-state index contributed by atoms with van der Waals surface area (Å²) < 4.78 is 22.0. The fourth-order valence-electron chi connectivity index (χ4n) is 8.75. The van der Waals surface area contributed by atoms with Crippen LogP contribution in [0.4, 0.5) is 11.6 Å². The van der Waals surface area contributed by atoms with Crippen molar-refractivity contribution in [3.8, 4) is 28.8 Å². The Kier molecular flexibility index (Phi) is 14.4. The fourth-order valence-corrected chi connectivity index (χ4v) is 9.02. The van der Waals surface area contributed by atoms with Gasteiger partial charge in [-0.3, -0.25) is 4.57 Å². The average molecular weight is 932 g/mol. The summed E-state index contributed by atoms with van der Waals surface area (Å²) in [6, 6.07) is 17.7. The maximum absolute atomic E-state index is 12.9. The molecule has 21 nitrogen and oxygen atoms in total. The first kappa shape index (κ1) is 45.4. The van der Waals surface area contributed by atoms with Crippen molar-refractivity contribution in [2.24, 2.45) is 0 Å². The van der Waals surface area contributed by atoms with Gasteiger partial charge >= 0.3 is 11.7 Å². The molecule has 7 heterocycles. The van der Waals surface area contributed by atoms with Crippen LogP contribution >= 0.6 is 12.2 Å². The number of aryl methyl sites for hydroxylation is 1. The van der Waals surface area contributed by atoms with Crippen molar-refractivity contribution in [2.45, 2.75) is 51.2 Å². The topological polar surface area (TPSA) is 239 Å². The molecular weight excluding hydrogens is 875 g/mol. The first-order valence-electron chi connectivity index (χ1n) is 22.9. The number of thiocarbonyl (C=S) groups is 1. The molecule has 0 radical (unpaired) electrons. The number of imidazole rings is 1. The number of piperazine rings is 1. The molecule has 2 saturated heterocycles. The number of rotatable bonds is 19. The van der Waals surface area contributed by atoms with E-state index in [0.717, 1.165) is 136 Å². The van der Waals surface area contributed by atoms with Crippen molar-refractivity contribution < 1.29 is 14.2 Å². The van der Waals surface area contributed by atoms with Crippen LogP contribution in [0.25, 0.3) is 33.5 Å². The van der Waals surface area contributed by atoms with E-state index in [2.05, 4.69) is 55.2 Å².